The van der Waals surface area contributed by atoms with Crippen LogP contribution < -0.4 is 5.73 Å². The van der Waals surface area contributed by atoms with E-state index in [1.807, 2.05) is 32.0 Å². The predicted octanol–water partition coefficient (Wildman–Crippen LogP) is 2.07. The first-order chi connectivity index (χ1) is 6.84. The van der Waals surface area contributed by atoms with E-state index in [1.54, 1.807) is 6.92 Å². The number of hydrogen-bond donors (Lipinski definition) is 2. The fourth-order valence-electron chi connectivity index (χ4n) is 1.57. The molecule has 0 heterocycles. The van der Waals surface area contributed by atoms with E-state index in [0.717, 1.165) is 16.7 Å². The fraction of sp³-hybridized carbons (Fsp3) is 0.417. The van der Waals surface area contributed by atoms with Crippen molar-refractivity contribution in [2.24, 2.45) is 5.73 Å². The highest BCUT2D eigenvalue weighted by Crippen LogP contribution is 2.18. The molecule has 0 saturated heterocycles. The number of carbonyl (C=O) groups is 1. The SMILES string of the molecule is Cc1cccc(C)c1C[C@](C)(N)C(=O)O.Cl. The number of halogens is 1. The largest absolute Gasteiger partial charge is 0.480 e. The van der Waals surface area contributed by atoms with Crippen LogP contribution in [-0.4, -0.2) is 16.6 Å². The summed E-state index contributed by atoms with van der Waals surface area (Å²) in [7, 11) is 0. The van der Waals surface area contributed by atoms with Gasteiger partial charge in [-0.25, -0.2) is 0 Å². The first-order valence-electron chi connectivity index (χ1n) is 4.92. The quantitative estimate of drug-likeness (QED) is 0.854. The van der Waals surface area contributed by atoms with Gasteiger partial charge in [-0.15, -0.1) is 12.4 Å². The smallest absolute Gasteiger partial charge is 0.323 e. The van der Waals surface area contributed by atoms with Gasteiger partial charge in [0.05, 0.1) is 0 Å². The van der Waals surface area contributed by atoms with Gasteiger partial charge in [0.25, 0.3) is 0 Å². The second kappa shape index (κ2) is 5.32. The van der Waals surface area contributed by atoms with Gasteiger partial charge in [-0.3, -0.25) is 4.79 Å². The molecule has 0 aromatic heterocycles. The lowest BCUT2D eigenvalue weighted by atomic mass is 9.89. The zero-order chi connectivity index (χ0) is 11.6. The van der Waals surface area contributed by atoms with Crippen molar-refractivity contribution in [3.63, 3.8) is 0 Å². The van der Waals surface area contributed by atoms with Crippen LogP contribution in [0.4, 0.5) is 0 Å². The summed E-state index contributed by atoms with van der Waals surface area (Å²) in [6.07, 6.45) is 0.362. The molecule has 0 aliphatic heterocycles. The van der Waals surface area contributed by atoms with Crippen molar-refractivity contribution >= 4 is 18.4 Å². The van der Waals surface area contributed by atoms with Gasteiger partial charge in [-0.05, 0) is 37.5 Å². The molecule has 3 nitrogen and oxygen atoms in total. The molecular weight excluding hydrogens is 226 g/mol. The number of nitrogens with two attached hydrogens (primary N) is 1. The zero-order valence-corrected chi connectivity index (χ0v) is 10.6. The highest BCUT2D eigenvalue weighted by molar-refractivity contribution is 5.85. The Labute approximate surface area is 102 Å². The lowest BCUT2D eigenvalue weighted by Crippen LogP contribution is -2.47. The number of carboxylic acids is 1. The highest BCUT2D eigenvalue weighted by Gasteiger charge is 2.29. The van der Waals surface area contributed by atoms with Crippen molar-refractivity contribution in [2.45, 2.75) is 32.7 Å². The summed E-state index contributed by atoms with van der Waals surface area (Å²) in [6.45, 7) is 5.49. The summed E-state index contributed by atoms with van der Waals surface area (Å²) in [4.78, 5) is 10.9. The Balaban J connectivity index is 0.00000225. The van der Waals surface area contributed by atoms with E-state index in [0.29, 0.717) is 6.42 Å². The van der Waals surface area contributed by atoms with E-state index in [2.05, 4.69) is 0 Å². The first kappa shape index (κ1) is 14.9. The van der Waals surface area contributed by atoms with Crippen LogP contribution in [0.25, 0.3) is 0 Å². The van der Waals surface area contributed by atoms with Crippen LogP contribution >= 0.6 is 12.4 Å². The Kier molecular flexibility index (Phi) is 4.97. The molecule has 0 unspecified atom stereocenters. The van der Waals surface area contributed by atoms with E-state index in [4.69, 9.17) is 10.8 Å². The average Bonchev–Trinajstić information content (AvgIpc) is 2.11. The Morgan fingerprint density at radius 1 is 1.38 bits per heavy atom. The van der Waals surface area contributed by atoms with Crippen molar-refractivity contribution in [1.82, 2.24) is 0 Å². The third kappa shape index (κ3) is 3.22. The molecule has 0 saturated carbocycles. The van der Waals surface area contributed by atoms with Crippen LogP contribution in [0.5, 0.6) is 0 Å². The first-order valence-corrected chi connectivity index (χ1v) is 4.92. The zero-order valence-electron chi connectivity index (χ0n) is 9.78. The van der Waals surface area contributed by atoms with Gasteiger partial charge >= 0.3 is 5.97 Å². The number of benzene rings is 1. The standard InChI is InChI=1S/C12H17NO2.ClH/c1-8-5-4-6-9(2)10(8)7-12(3,13)11(14)15;/h4-6H,7,13H2,1-3H3,(H,14,15);1H/t12-;/m0./s1. The van der Waals surface area contributed by atoms with Crippen LogP contribution in [0.15, 0.2) is 18.2 Å². The maximum absolute atomic E-state index is 10.9. The molecule has 1 aromatic rings. The molecule has 3 N–H and O–H groups in total. The second-order valence-electron chi connectivity index (χ2n) is 4.27. The Bertz CT molecular complexity index is 368. The van der Waals surface area contributed by atoms with Crippen molar-refractivity contribution in [2.75, 3.05) is 0 Å². The van der Waals surface area contributed by atoms with E-state index in [9.17, 15) is 4.79 Å². The maximum atomic E-state index is 10.9. The molecule has 0 radical (unpaired) electrons. The minimum Gasteiger partial charge on any atom is -0.480 e. The minimum absolute atomic E-state index is 0. The van der Waals surface area contributed by atoms with Crippen molar-refractivity contribution in [3.8, 4) is 0 Å². The Morgan fingerprint density at radius 3 is 2.19 bits per heavy atom. The summed E-state index contributed by atoms with van der Waals surface area (Å²) < 4.78 is 0. The molecule has 0 spiro atoms. The Hall–Kier alpha value is -1.06. The molecule has 0 aliphatic carbocycles. The van der Waals surface area contributed by atoms with Gasteiger partial charge < -0.3 is 10.8 Å². The molecule has 1 aromatic carbocycles. The van der Waals surface area contributed by atoms with Crippen LogP contribution in [0, 0.1) is 13.8 Å². The normalized spacial score (nSPS) is 13.8. The molecule has 0 aliphatic rings. The molecule has 0 bridgehead atoms. The summed E-state index contributed by atoms with van der Waals surface area (Å²) >= 11 is 0. The molecule has 90 valence electrons. The van der Waals surface area contributed by atoms with Crippen LogP contribution in [0.1, 0.15) is 23.6 Å². The predicted molar refractivity (Wildman–Crippen MR) is 67.1 cm³/mol. The topological polar surface area (TPSA) is 63.3 Å². The van der Waals surface area contributed by atoms with Gasteiger partial charge in [-0.1, -0.05) is 18.2 Å². The molecule has 16 heavy (non-hydrogen) atoms. The Morgan fingerprint density at radius 2 is 1.81 bits per heavy atom. The molecule has 1 rings (SSSR count). The lowest BCUT2D eigenvalue weighted by Gasteiger charge is -2.21. The van der Waals surface area contributed by atoms with Crippen LogP contribution in [-0.2, 0) is 11.2 Å². The summed E-state index contributed by atoms with van der Waals surface area (Å²) in [5.41, 5.74) is 7.75. The van der Waals surface area contributed by atoms with Crippen molar-refractivity contribution < 1.29 is 9.90 Å². The van der Waals surface area contributed by atoms with Crippen LogP contribution in [0.3, 0.4) is 0 Å². The third-order valence-corrected chi connectivity index (χ3v) is 2.68. The van der Waals surface area contributed by atoms with Gasteiger partial charge in [0.2, 0.25) is 0 Å². The maximum Gasteiger partial charge on any atom is 0.323 e. The average molecular weight is 244 g/mol. The lowest BCUT2D eigenvalue weighted by molar-refractivity contribution is -0.142. The van der Waals surface area contributed by atoms with Crippen molar-refractivity contribution in [1.29, 1.82) is 0 Å². The third-order valence-electron chi connectivity index (χ3n) is 2.68. The molecule has 1 atom stereocenters. The summed E-state index contributed by atoms with van der Waals surface area (Å²) in [5, 5.41) is 8.96. The number of carboxylic acid groups (broad SMARTS) is 1. The molecule has 4 heteroatoms. The summed E-state index contributed by atoms with van der Waals surface area (Å²) in [6, 6.07) is 5.91. The van der Waals surface area contributed by atoms with Crippen LogP contribution in [0.2, 0.25) is 0 Å². The number of rotatable bonds is 3. The highest BCUT2D eigenvalue weighted by atomic mass is 35.5. The summed E-state index contributed by atoms with van der Waals surface area (Å²) in [5.74, 6) is -0.967. The monoisotopic (exact) mass is 243 g/mol. The number of hydrogen-bond acceptors (Lipinski definition) is 2. The molecule has 0 amide bonds. The van der Waals surface area contributed by atoms with Gasteiger partial charge in [0.1, 0.15) is 5.54 Å². The number of aliphatic carboxylic acids is 1. The van der Waals surface area contributed by atoms with E-state index >= 15 is 0 Å². The molecular formula is C12H18ClNO2. The fourth-order valence-corrected chi connectivity index (χ4v) is 1.57. The van der Waals surface area contributed by atoms with E-state index in [1.165, 1.54) is 0 Å². The van der Waals surface area contributed by atoms with E-state index < -0.39 is 11.5 Å². The molecule has 0 fully saturated rings. The van der Waals surface area contributed by atoms with Gasteiger partial charge in [0.15, 0.2) is 0 Å². The minimum atomic E-state index is -1.20. The van der Waals surface area contributed by atoms with Crippen molar-refractivity contribution in [3.05, 3.63) is 34.9 Å². The second-order valence-corrected chi connectivity index (χ2v) is 4.27. The van der Waals surface area contributed by atoms with E-state index in [-0.39, 0.29) is 12.4 Å². The van der Waals surface area contributed by atoms with Gasteiger partial charge in [-0.2, -0.15) is 0 Å². The van der Waals surface area contributed by atoms with Gasteiger partial charge in [0, 0.05) is 6.42 Å². The number of aryl methyl sites for hydroxylation is 2.